The van der Waals surface area contributed by atoms with Crippen molar-refractivity contribution in [1.82, 2.24) is 4.98 Å². The van der Waals surface area contributed by atoms with E-state index in [1.165, 1.54) is 0 Å². The Morgan fingerprint density at radius 3 is 2.70 bits per heavy atom. The highest BCUT2D eigenvalue weighted by atomic mass is 79.9. The number of thiazole rings is 1. The average Bonchev–Trinajstić information content (AvgIpc) is 2.30. The normalized spacial score (nSPS) is 10.3. The molecule has 1 aromatic rings. The molecule has 0 saturated heterocycles. The summed E-state index contributed by atoms with van der Waals surface area (Å²) in [7, 11) is 0. The molecule has 0 spiro atoms. The molecule has 1 aromatic heterocycles. The molecule has 10 heavy (non-hydrogen) atoms. The van der Waals surface area contributed by atoms with E-state index in [1.54, 1.807) is 11.3 Å². The van der Waals surface area contributed by atoms with Crippen LogP contribution < -0.4 is 0 Å². The molecule has 4 heteroatoms. The fraction of sp³-hybridized carbons (Fsp3) is 0.500. The molecule has 0 aliphatic carbocycles. The number of halogens is 1. The van der Waals surface area contributed by atoms with Crippen LogP contribution in [0.3, 0.4) is 0 Å². The van der Waals surface area contributed by atoms with Gasteiger partial charge in [-0.2, -0.15) is 0 Å². The Morgan fingerprint density at radius 2 is 2.40 bits per heavy atom. The second-order valence-corrected chi connectivity index (χ2v) is 4.24. The lowest BCUT2D eigenvalue weighted by Crippen LogP contribution is -1.84. The van der Waals surface area contributed by atoms with Gasteiger partial charge in [-0.15, -0.1) is 11.3 Å². The van der Waals surface area contributed by atoms with E-state index in [0.29, 0.717) is 0 Å². The summed E-state index contributed by atoms with van der Waals surface area (Å²) in [6.45, 7) is 2.07. The van der Waals surface area contributed by atoms with E-state index < -0.39 is 0 Å². The summed E-state index contributed by atoms with van der Waals surface area (Å²) in [5, 5.41) is 9.81. The molecule has 0 bridgehead atoms. The van der Waals surface area contributed by atoms with Crippen LogP contribution in [0.15, 0.2) is 3.79 Å². The summed E-state index contributed by atoms with van der Waals surface area (Å²) < 4.78 is 0.951. The summed E-state index contributed by atoms with van der Waals surface area (Å²) in [5.74, 6) is 0. The molecular weight excluding hydrogens is 214 g/mol. The third kappa shape index (κ3) is 1.56. The van der Waals surface area contributed by atoms with E-state index in [4.69, 9.17) is 5.11 Å². The van der Waals surface area contributed by atoms with Crippen molar-refractivity contribution in [2.45, 2.75) is 20.0 Å². The maximum Gasteiger partial charge on any atom is 0.0955 e. The van der Waals surface area contributed by atoms with Crippen LogP contribution in [0.2, 0.25) is 0 Å². The molecule has 1 N–H and O–H groups in total. The molecule has 0 radical (unpaired) electrons. The van der Waals surface area contributed by atoms with E-state index in [-0.39, 0.29) is 6.61 Å². The first-order valence-corrected chi connectivity index (χ1v) is 4.63. The molecule has 1 heterocycles. The Labute approximate surface area is 72.0 Å². The van der Waals surface area contributed by atoms with Crippen LogP contribution in [0, 0.1) is 0 Å². The predicted molar refractivity (Wildman–Crippen MR) is 45.1 cm³/mol. The topological polar surface area (TPSA) is 33.1 Å². The molecule has 0 amide bonds. The Kier molecular flexibility index (Phi) is 2.82. The number of aliphatic hydroxyl groups excluding tert-OH is 1. The van der Waals surface area contributed by atoms with E-state index in [2.05, 4.69) is 20.9 Å². The highest BCUT2D eigenvalue weighted by Gasteiger charge is 2.04. The first kappa shape index (κ1) is 8.17. The highest BCUT2D eigenvalue weighted by Crippen LogP contribution is 2.24. The predicted octanol–water partition coefficient (Wildman–Crippen LogP) is 1.96. The van der Waals surface area contributed by atoms with Gasteiger partial charge in [0.25, 0.3) is 0 Å². The van der Waals surface area contributed by atoms with Gasteiger partial charge in [-0.25, -0.2) is 4.98 Å². The molecule has 2 nitrogen and oxygen atoms in total. The third-order valence-electron chi connectivity index (χ3n) is 1.15. The van der Waals surface area contributed by atoms with Crippen molar-refractivity contribution >= 4 is 27.3 Å². The van der Waals surface area contributed by atoms with Gasteiger partial charge < -0.3 is 5.11 Å². The standard InChI is InChI=1S/C6H8BrNOS/c1-2-5-8-4(3-9)6(7)10-5/h9H,2-3H2,1H3. The van der Waals surface area contributed by atoms with Gasteiger partial charge in [0.2, 0.25) is 0 Å². The second kappa shape index (κ2) is 3.46. The van der Waals surface area contributed by atoms with Crippen LogP contribution in [0.1, 0.15) is 17.6 Å². The number of aryl methyl sites for hydroxylation is 1. The molecule has 0 atom stereocenters. The van der Waals surface area contributed by atoms with Crippen molar-refractivity contribution in [3.63, 3.8) is 0 Å². The minimum atomic E-state index is 0.0249. The van der Waals surface area contributed by atoms with E-state index in [9.17, 15) is 0 Å². The van der Waals surface area contributed by atoms with Crippen LogP contribution in [0.25, 0.3) is 0 Å². The van der Waals surface area contributed by atoms with Crippen molar-refractivity contribution in [2.24, 2.45) is 0 Å². The van der Waals surface area contributed by atoms with Crippen LogP contribution in [-0.2, 0) is 13.0 Å². The molecule has 0 aliphatic heterocycles. The summed E-state index contributed by atoms with van der Waals surface area (Å²) in [4.78, 5) is 4.17. The molecule has 0 fully saturated rings. The van der Waals surface area contributed by atoms with Crippen LogP contribution in [0.5, 0.6) is 0 Å². The third-order valence-corrected chi connectivity index (χ3v) is 3.12. The molecule has 1 rings (SSSR count). The van der Waals surface area contributed by atoms with Gasteiger partial charge in [-0.05, 0) is 22.4 Å². The Bertz CT molecular complexity index is 224. The van der Waals surface area contributed by atoms with Gasteiger partial charge in [0.1, 0.15) is 0 Å². The molecule has 56 valence electrons. The van der Waals surface area contributed by atoms with Crippen molar-refractivity contribution < 1.29 is 5.11 Å². The van der Waals surface area contributed by atoms with Crippen LogP contribution in [-0.4, -0.2) is 10.1 Å². The van der Waals surface area contributed by atoms with Gasteiger partial charge in [0.15, 0.2) is 0 Å². The molecule has 0 saturated carbocycles. The minimum absolute atomic E-state index is 0.0249. The summed E-state index contributed by atoms with van der Waals surface area (Å²) in [6, 6.07) is 0. The zero-order valence-electron chi connectivity index (χ0n) is 5.59. The number of aromatic nitrogens is 1. The van der Waals surface area contributed by atoms with E-state index in [0.717, 1.165) is 20.9 Å². The number of hydrogen-bond acceptors (Lipinski definition) is 3. The Balaban J connectivity index is 2.92. The van der Waals surface area contributed by atoms with Gasteiger partial charge in [-0.1, -0.05) is 6.92 Å². The smallest absolute Gasteiger partial charge is 0.0955 e. The maximum absolute atomic E-state index is 8.74. The minimum Gasteiger partial charge on any atom is -0.390 e. The van der Waals surface area contributed by atoms with Gasteiger partial charge in [0, 0.05) is 0 Å². The summed E-state index contributed by atoms with van der Waals surface area (Å²) in [5.41, 5.74) is 0.752. The highest BCUT2D eigenvalue weighted by molar-refractivity contribution is 9.11. The number of rotatable bonds is 2. The number of hydrogen-bond donors (Lipinski definition) is 1. The lowest BCUT2D eigenvalue weighted by Gasteiger charge is -1.84. The quantitative estimate of drug-likeness (QED) is 0.829. The number of nitrogens with zero attached hydrogens (tertiary/aromatic N) is 1. The first-order chi connectivity index (χ1) is 4.77. The lowest BCUT2D eigenvalue weighted by atomic mass is 10.5. The largest absolute Gasteiger partial charge is 0.390 e. The average molecular weight is 222 g/mol. The van der Waals surface area contributed by atoms with Gasteiger partial charge in [-0.3, -0.25) is 0 Å². The molecule has 0 unspecified atom stereocenters. The Hall–Kier alpha value is 0.0700. The maximum atomic E-state index is 8.74. The van der Waals surface area contributed by atoms with Crippen molar-refractivity contribution in [2.75, 3.05) is 0 Å². The molecule has 0 aromatic carbocycles. The lowest BCUT2D eigenvalue weighted by molar-refractivity contribution is 0.276. The van der Waals surface area contributed by atoms with Crippen LogP contribution >= 0.6 is 27.3 Å². The van der Waals surface area contributed by atoms with Gasteiger partial charge in [0.05, 0.1) is 21.1 Å². The SMILES string of the molecule is CCc1nc(CO)c(Br)s1. The van der Waals surface area contributed by atoms with Crippen molar-refractivity contribution in [3.05, 3.63) is 14.5 Å². The van der Waals surface area contributed by atoms with E-state index in [1.807, 2.05) is 6.92 Å². The fourth-order valence-electron chi connectivity index (χ4n) is 0.628. The number of aliphatic hydroxyl groups is 1. The zero-order chi connectivity index (χ0) is 7.56. The zero-order valence-corrected chi connectivity index (χ0v) is 8.00. The summed E-state index contributed by atoms with van der Waals surface area (Å²) >= 11 is 4.90. The van der Waals surface area contributed by atoms with E-state index >= 15 is 0 Å². The monoisotopic (exact) mass is 221 g/mol. The second-order valence-electron chi connectivity index (χ2n) is 1.84. The summed E-state index contributed by atoms with van der Waals surface area (Å²) in [6.07, 6.45) is 0.934. The molecular formula is C6H8BrNOS. The fourth-order valence-corrected chi connectivity index (χ4v) is 2.14. The first-order valence-electron chi connectivity index (χ1n) is 3.02. The van der Waals surface area contributed by atoms with Crippen molar-refractivity contribution in [1.29, 1.82) is 0 Å². The van der Waals surface area contributed by atoms with Gasteiger partial charge >= 0.3 is 0 Å². The van der Waals surface area contributed by atoms with Crippen molar-refractivity contribution in [3.8, 4) is 0 Å². The Morgan fingerprint density at radius 1 is 1.70 bits per heavy atom. The van der Waals surface area contributed by atoms with Crippen LogP contribution in [0.4, 0.5) is 0 Å². The molecule has 0 aliphatic rings.